The van der Waals surface area contributed by atoms with Gasteiger partial charge >= 0.3 is 0 Å². The largest absolute Gasteiger partial charge is 0.306 e. The maximum Gasteiger partial charge on any atom is 0.00118 e. The van der Waals surface area contributed by atoms with Gasteiger partial charge in [-0.15, -0.1) is 0 Å². The molecule has 0 aromatic rings. The Morgan fingerprint density at radius 1 is 1.45 bits per heavy atom. The molecule has 2 heteroatoms. The average Bonchev–Trinajstić information content (AvgIpc) is 2.00. The van der Waals surface area contributed by atoms with Crippen LogP contribution in [-0.2, 0) is 0 Å². The Labute approximate surface area is 76.6 Å². The second-order valence-electron chi connectivity index (χ2n) is 3.40. The summed E-state index contributed by atoms with van der Waals surface area (Å²) in [6, 6.07) is 0. The molecule has 0 spiro atoms. The van der Waals surface area contributed by atoms with Crippen LogP contribution in [0.25, 0.3) is 0 Å². The number of thiol groups is 1. The number of hydrogen-bond donors (Lipinski definition) is 1. The van der Waals surface area contributed by atoms with Crippen LogP contribution < -0.4 is 0 Å². The van der Waals surface area contributed by atoms with Gasteiger partial charge in [0.05, 0.1) is 0 Å². The molecule has 0 aliphatic heterocycles. The van der Waals surface area contributed by atoms with E-state index >= 15 is 0 Å². The minimum atomic E-state index is 0.722. The van der Waals surface area contributed by atoms with Crippen molar-refractivity contribution in [2.24, 2.45) is 5.92 Å². The monoisotopic (exact) mass is 175 g/mol. The third-order valence-electron chi connectivity index (χ3n) is 1.83. The molecule has 1 unspecified atom stereocenters. The first-order valence-electron chi connectivity index (χ1n) is 4.50. The van der Waals surface area contributed by atoms with E-state index in [9.17, 15) is 0 Å². The fourth-order valence-electron chi connectivity index (χ4n) is 1.11. The predicted molar refractivity (Wildman–Crippen MR) is 55.4 cm³/mol. The molecule has 0 aliphatic rings. The summed E-state index contributed by atoms with van der Waals surface area (Å²) in [5.41, 5.74) is 0. The third-order valence-corrected chi connectivity index (χ3v) is 2.45. The molecule has 0 aliphatic carbocycles. The average molecular weight is 175 g/mol. The molecule has 68 valence electrons. The maximum absolute atomic E-state index is 4.25. The van der Waals surface area contributed by atoms with Crippen LogP contribution in [0, 0.1) is 5.92 Å². The van der Waals surface area contributed by atoms with Gasteiger partial charge in [-0.3, -0.25) is 0 Å². The Bertz CT molecular complexity index is 85.6. The van der Waals surface area contributed by atoms with Gasteiger partial charge in [0.1, 0.15) is 0 Å². The topological polar surface area (TPSA) is 3.24 Å². The van der Waals surface area contributed by atoms with Crippen LogP contribution >= 0.6 is 12.6 Å². The molecule has 0 radical (unpaired) electrons. The Kier molecular flexibility index (Phi) is 7.18. The van der Waals surface area contributed by atoms with Gasteiger partial charge in [0.2, 0.25) is 0 Å². The van der Waals surface area contributed by atoms with Gasteiger partial charge in [0.15, 0.2) is 0 Å². The highest BCUT2D eigenvalue weighted by atomic mass is 32.1. The summed E-state index contributed by atoms with van der Waals surface area (Å²) in [7, 11) is 2.19. The van der Waals surface area contributed by atoms with Crippen molar-refractivity contribution in [2.75, 3.05) is 25.9 Å². The highest BCUT2D eigenvalue weighted by Crippen LogP contribution is 2.01. The van der Waals surface area contributed by atoms with E-state index in [-0.39, 0.29) is 0 Å². The molecule has 1 nitrogen and oxygen atoms in total. The molecule has 1 atom stereocenters. The lowest BCUT2D eigenvalue weighted by molar-refractivity contribution is 0.293. The second-order valence-corrected chi connectivity index (χ2v) is 3.77. The van der Waals surface area contributed by atoms with Crippen LogP contribution in [0.4, 0.5) is 0 Å². The lowest BCUT2D eigenvalue weighted by Crippen LogP contribution is -2.26. The van der Waals surface area contributed by atoms with Gasteiger partial charge in [0, 0.05) is 6.54 Å². The van der Waals surface area contributed by atoms with E-state index in [4.69, 9.17) is 0 Å². The van der Waals surface area contributed by atoms with E-state index < -0.39 is 0 Å². The van der Waals surface area contributed by atoms with E-state index in [0.717, 1.165) is 11.7 Å². The summed E-state index contributed by atoms with van der Waals surface area (Å²) in [5.74, 6) is 1.72. The normalized spacial score (nSPS) is 13.9. The van der Waals surface area contributed by atoms with Crippen LogP contribution in [0.5, 0.6) is 0 Å². The van der Waals surface area contributed by atoms with Gasteiger partial charge in [0.25, 0.3) is 0 Å². The summed E-state index contributed by atoms with van der Waals surface area (Å²) in [4.78, 5) is 2.39. The SMILES string of the molecule is CCCCN(C)CC(C)CS. The van der Waals surface area contributed by atoms with E-state index in [0.29, 0.717) is 0 Å². The van der Waals surface area contributed by atoms with Gasteiger partial charge in [-0.05, 0) is 31.7 Å². The van der Waals surface area contributed by atoms with Crippen molar-refractivity contribution in [2.45, 2.75) is 26.7 Å². The van der Waals surface area contributed by atoms with Crippen LogP contribution in [0.1, 0.15) is 26.7 Å². The zero-order valence-corrected chi connectivity index (χ0v) is 8.90. The minimum absolute atomic E-state index is 0.722. The zero-order valence-electron chi connectivity index (χ0n) is 8.01. The number of nitrogens with zero attached hydrogens (tertiary/aromatic N) is 1. The Hall–Kier alpha value is 0.310. The fourth-order valence-corrected chi connectivity index (χ4v) is 1.22. The van der Waals surface area contributed by atoms with Gasteiger partial charge in [-0.1, -0.05) is 20.3 Å². The highest BCUT2D eigenvalue weighted by molar-refractivity contribution is 7.80. The van der Waals surface area contributed by atoms with Crippen molar-refractivity contribution in [3.05, 3.63) is 0 Å². The minimum Gasteiger partial charge on any atom is -0.306 e. The van der Waals surface area contributed by atoms with Crippen LogP contribution in [0.3, 0.4) is 0 Å². The molecular formula is C9H21NS. The fraction of sp³-hybridized carbons (Fsp3) is 1.00. The van der Waals surface area contributed by atoms with E-state index in [2.05, 4.69) is 38.4 Å². The van der Waals surface area contributed by atoms with Crippen LogP contribution in [-0.4, -0.2) is 30.8 Å². The Balaban J connectivity index is 3.27. The predicted octanol–water partition coefficient (Wildman–Crippen LogP) is 2.28. The van der Waals surface area contributed by atoms with Crippen LogP contribution in [0.15, 0.2) is 0 Å². The smallest absolute Gasteiger partial charge is 0.00118 e. The standard InChI is InChI=1S/C9H21NS/c1-4-5-6-10(3)7-9(2)8-11/h9,11H,4-8H2,1-3H3. The second kappa shape index (κ2) is 6.99. The number of hydrogen-bond acceptors (Lipinski definition) is 2. The molecule has 0 fully saturated rings. The van der Waals surface area contributed by atoms with Gasteiger partial charge in [-0.25, -0.2) is 0 Å². The molecule has 0 rings (SSSR count). The van der Waals surface area contributed by atoms with Crippen molar-refractivity contribution >= 4 is 12.6 Å². The third kappa shape index (κ3) is 6.70. The maximum atomic E-state index is 4.25. The first-order valence-corrected chi connectivity index (χ1v) is 5.13. The molecule has 0 aromatic heterocycles. The molecular weight excluding hydrogens is 154 g/mol. The Morgan fingerprint density at radius 2 is 2.09 bits per heavy atom. The van der Waals surface area contributed by atoms with Crippen molar-refractivity contribution < 1.29 is 0 Å². The Morgan fingerprint density at radius 3 is 2.55 bits per heavy atom. The van der Waals surface area contributed by atoms with Crippen molar-refractivity contribution in [3.8, 4) is 0 Å². The van der Waals surface area contributed by atoms with Gasteiger partial charge < -0.3 is 4.90 Å². The lowest BCUT2D eigenvalue weighted by Gasteiger charge is -2.19. The van der Waals surface area contributed by atoms with Gasteiger partial charge in [-0.2, -0.15) is 12.6 Å². The summed E-state index contributed by atoms with van der Waals surface area (Å²) < 4.78 is 0. The molecule has 0 heterocycles. The van der Waals surface area contributed by atoms with Crippen LogP contribution in [0.2, 0.25) is 0 Å². The summed E-state index contributed by atoms with van der Waals surface area (Å²) in [6.45, 7) is 6.89. The number of rotatable bonds is 6. The van der Waals surface area contributed by atoms with E-state index in [1.807, 2.05) is 0 Å². The lowest BCUT2D eigenvalue weighted by atomic mass is 10.2. The molecule has 0 saturated carbocycles. The molecule has 0 bridgehead atoms. The zero-order chi connectivity index (χ0) is 8.69. The van der Waals surface area contributed by atoms with Crippen molar-refractivity contribution in [1.29, 1.82) is 0 Å². The molecule has 0 saturated heterocycles. The molecule has 0 aromatic carbocycles. The molecule has 0 amide bonds. The van der Waals surface area contributed by atoms with E-state index in [1.165, 1.54) is 25.9 Å². The summed E-state index contributed by atoms with van der Waals surface area (Å²) in [6.07, 6.45) is 2.61. The first kappa shape index (κ1) is 11.3. The molecule has 11 heavy (non-hydrogen) atoms. The van der Waals surface area contributed by atoms with E-state index in [1.54, 1.807) is 0 Å². The number of unbranched alkanes of at least 4 members (excludes halogenated alkanes) is 1. The molecule has 0 N–H and O–H groups in total. The quantitative estimate of drug-likeness (QED) is 0.606. The highest BCUT2D eigenvalue weighted by Gasteiger charge is 2.02. The summed E-state index contributed by atoms with van der Waals surface area (Å²) >= 11 is 4.25. The first-order chi connectivity index (χ1) is 5.20. The summed E-state index contributed by atoms with van der Waals surface area (Å²) in [5, 5.41) is 0. The van der Waals surface area contributed by atoms with Crippen molar-refractivity contribution in [3.63, 3.8) is 0 Å². The van der Waals surface area contributed by atoms with Crippen molar-refractivity contribution in [1.82, 2.24) is 4.90 Å².